The zero-order chi connectivity index (χ0) is 13.1. The summed E-state index contributed by atoms with van der Waals surface area (Å²) in [4.78, 5) is 11.6. The summed E-state index contributed by atoms with van der Waals surface area (Å²) in [5, 5.41) is 4.35. The van der Waals surface area contributed by atoms with Crippen molar-refractivity contribution in [1.29, 1.82) is 0 Å². The van der Waals surface area contributed by atoms with Gasteiger partial charge in [0.15, 0.2) is 0 Å². The molecule has 0 fully saturated rings. The summed E-state index contributed by atoms with van der Waals surface area (Å²) in [7, 11) is 0. The van der Waals surface area contributed by atoms with Crippen molar-refractivity contribution >= 4 is 5.97 Å². The van der Waals surface area contributed by atoms with E-state index in [-0.39, 0.29) is 5.97 Å². The minimum absolute atomic E-state index is 0.288. The Bertz CT molecular complexity index is 573. The van der Waals surface area contributed by atoms with Crippen LogP contribution < -0.4 is 0 Å². The Balaban J connectivity index is 2.33. The Morgan fingerprint density at radius 3 is 2.67 bits per heavy atom. The van der Waals surface area contributed by atoms with E-state index in [2.05, 4.69) is 5.10 Å². The number of carbonyl (C=O) groups is 1. The second-order valence-corrected chi connectivity index (χ2v) is 4.12. The van der Waals surface area contributed by atoms with Crippen molar-refractivity contribution < 1.29 is 9.53 Å². The van der Waals surface area contributed by atoms with Crippen molar-refractivity contribution in [3.8, 4) is 5.69 Å². The molecule has 2 aromatic rings. The molecule has 0 aliphatic rings. The van der Waals surface area contributed by atoms with E-state index in [0.29, 0.717) is 12.2 Å². The first-order chi connectivity index (χ1) is 8.61. The van der Waals surface area contributed by atoms with Crippen LogP contribution in [0, 0.1) is 13.8 Å². The number of nitrogens with zero attached hydrogens (tertiary/aromatic N) is 2. The van der Waals surface area contributed by atoms with E-state index in [0.717, 1.165) is 16.9 Å². The van der Waals surface area contributed by atoms with Crippen molar-refractivity contribution in [1.82, 2.24) is 9.78 Å². The quantitative estimate of drug-likeness (QED) is 0.780. The van der Waals surface area contributed by atoms with Gasteiger partial charge >= 0.3 is 5.97 Å². The maximum Gasteiger partial charge on any atom is 0.338 e. The summed E-state index contributed by atoms with van der Waals surface area (Å²) in [5.74, 6) is -0.288. The van der Waals surface area contributed by atoms with E-state index in [4.69, 9.17) is 4.74 Å². The lowest BCUT2D eigenvalue weighted by Gasteiger charge is -2.08. The number of benzene rings is 1. The van der Waals surface area contributed by atoms with E-state index in [9.17, 15) is 4.79 Å². The molecule has 0 amide bonds. The standard InChI is InChI=1S/C14H16N2O2/c1-4-18-14(17)12-5-6-13(10(2)9-12)16-8-7-11(3)15-16/h5-9H,4H2,1-3H3. The van der Waals surface area contributed by atoms with Crippen LogP contribution >= 0.6 is 0 Å². The highest BCUT2D eigenvalue weighted by Crippen LogP contribution is 2.16. The molecule has 4 heteroatoms. The largest absolute Gasteiger partial charge is 0.462 e. The lowest BCUT2D eigenvalue weighted by molar-refractivity contribution is 0.0526. The maximum atomic E-state index is 11.6. The molecule has 94 valence electrons. The minimum Gasteiger partial charge on any atom is -0.462 e. The molecule has 0 bridgehead atoms. The van der Waals surface area contributed by atoms with Gasteiger partial charge in [0.1, 0.15) is 0 Å². The lowest BCUT2D eigenvalue weighted by Crippen LogP contribution is -2.06. The molecule has 2 rings (SSSR count). The zero-order valence-electron chi connectivity index (χ0n) is 10.8. The summed E-state index contributed by atoms with van der Waals surface area (Å²) < 4.78 is 6.78. The van der Waals surface area contributed by atoms with Crippen LogP contribution in [0.4, 0.5) is 0 Å². The van der Waals surface area contributed by atoms with Crippen LogP contribution in [0.5, 0.6) is 0 Å². The van der Waals surface area contributed by atoms with E-state index in [1.54, 1.807) is 17.7 Å². The monoisotopic (exact) mass is 244 g/mol. The Morgan fingerprint density at radius 2 is 2.11 bits per heavy atom. The predicted molar refractivity (Wildman–Crippen MR) is 69.0 cm³/mol. The van der Waals surface area contributed by atoms with Crippen LogP contribution in [0.2, 0.25) is 0 Å². The molecule has 4 nitrogen and oxygen atoms in total. The first-order valence-corrected chi connectivity index (χ1v) is 5.92. The first kappa shape index (κ1) is 12.4. The van der Waals surface area contributed by atoms with Gasteiger partial charge in [-0.25, -0.2) is 9.48 Å². The van der Waals surface area contributed by atoms with Crippen molar-refractivity contribution in [3.05, 3.63) is 47.3 Å². The van der Waals surface area contributed by atoms with Crippen LogP contribution in [0.15, 0.2) is 30.5 Å². The minimum atomic E-state index is -0.288. The molecule has 18 heavy (non-hydrogen) atoms. The number of ether oxygens (including phenoxy) is 1. The highest BCUT2D eigenvalue weighted by Gasteiger charge is 2.09. The first-order valence-electron chi connectivity index (χ1n) is 5.92. The number of aromatic nitrogens is 2. The molecule has 0 atom stereocenters. The third kappa shape index (κ3) is 2.42. The van der Waals surface area contributed by atoms with E-state index < -0.39 is 0 Å². The van der Waals surface area contributed by atoms with Crippen LogP contribution in [0.1, 0.15) is 28.5 Å². The fourth-order valence-electron chi connectivity index (χ4n) is 1.80. The van der Waals surface area contributed by atoms with Crippen molar-refractivity contribution in [2.45, 2.75) is 20.8 Å². The van der Waals surface area contributed by atoms with E-state index >= 15 is 0 Å². The molecule has 0 saturated carbocycles. The molecule has 0 unspecified atom stereocenters. The number of rotatable bonds is 3. The van der Waals surface area contributed by atoms with Gasteiger partial charge in [0.25, 0.3) is 0 Å². The average Bonchev–Trinajstić information content (AvgIpc) is 2.76. The van der Waals surface area contributed by atoms with Crippen LogP contribution in [-0.2, 0) is 4.74 Å². The topological polar surface area (TPSA) is 44.1 Å². The van der Waals surface area contributed by atoms with Gasteiger partial charge in [-0.05, 0) is 50.6 Å². The third-order valence-electron chi connectivity index (χ3n) is 2.68. The number of hydrogen-bond donors (Lipinski definition) is 0. The third-order valence-corrected chi connectivity index (χ3v) is 2.68. The summed E-state index contributed by atoms with van der Waals surface area (Å²) in [6.45, 7) is 6.08. The second kappa shape index (κ2) is 5.04. The molecule has 1 aromatic carbocycles. The highest BCUT2D eigenvalue weighted by molar-refractivity contribution is 5.90. The molecular weight excluding hydrogens is 228 g/mol. The van der Waals surface area contributed by atoms with Gasteiger partial charge < -0.3 is 4.74 Å². The summed E-state index contributed by atoms with van der Waals surface area (Å²) in [5.41, 5.74) is 3.49. The number of carbonyl (C=O) groups excluding carboxylic acids is 1. The molecule has 1 aromatic heterocycles. The fraction of sp³-hybridized carbons (Fsp3) is 0.286. The van der Waals surface area contributed by atoms with Crippen molar-refractivity contribution in [2.24, 2.45) is 0 Å². The normalized spacial score (nSPS) is 10.4. The van der Waals surface area contributed by atoms with Gasteiger partial charge in [-0.2, -0.15) is 5.10 Å². The lowest BCUT2D eigenvalue weighted by atomic mass is 10.1. The predicted octanol–water partition coefficient (Wildman–Crippen LogP) is 2.67. The molecular formula is C14H16N2O2. The van der Waals surface area contributed by atoms with Gasteiger partial charge in [-0.1, -0.05) is 0 Å². The van der Waals surface area contributed by atoms with Crippen LogP contribution in [0.3, 0.4) is 0 Å². The second-order valence-electron chi connectivity index (χ2n) is 4.12. The molecule has 0 radical (unpaired) electrons. The van der Waals surface area contributed by atoms with Gasteiger partial charge in [0.05, 0.1) is 23.6 Å². The Morgan fingerprint density at radius 1 is 1.33 bits per heavy atom. The Hall–Kier alpha value is -2.10. The van der Waals surface area contributed by atoms with Crippen LogP contribution in [-0.4, -0.2) is 22.4 Å². The molecule has 0 spiro atoms. The summed E-state index contributed by atoms with van der Waals surface area (Å²) in [6, 6.07) is 7.41. The molecule has 1 heterocycles. The highest BCUT2D eigenvalue weighted by atomic mass is 16.5. The summed E-state index contributed by atoms with van der Waals surface area (Å²) in [6.07, 6.45) is 1.90. The zero-order valence-corrected chi connectivity index (χ0v) is 10.8. The Labute approximate surface area is 106 Å². The van der Waals surface area contributed by atoms with Gasteiger partial charge in [-0.15, -0.1) is 0 Å². The molecule has 0 aliphatic carbocycles. The molecule has 0 aliphatic heterocycles. The number of aryl methyl sites for hydroxylation is 2. The summed E-state index contributed by atoms with van der Waals surface area (Å²) >= 11 is 0. The SMILES string of the molecule is CCOC(=O)c1ccc(-n2ccc(C)n2)c(C)c1. The Kier molecular flexibility index (Phi) is 3.46. The van der Waals surface area contributed by atoms with E-state index in [1.807, 2.05) is 38.2 Å². The number of hydrogen-bond acceptors (Lipinski definition) is 3. The van der Waals surface area contributed by atoms with Crippen LogP contribution in [0.25, 0.3) is 5.69 Å². The van der Waals surface area contributed by atoms with Crippen molar-refractivity contribution in [3.63, 3.8) is 0 Å². The van der Waals surface area contributed by atoms with Crippen molar-refractivity contribution in [2.75, 3.05) is 6.61 Å². The molecule has 0 N–H and O–H groups in total. The van der Waals surface area contributed by atoms with Gasteiger partial charge in [-0.3, -0.25) is 0 Å². The number of esters is 1. The average molecular weight is 244 g/mol. The van der Waals surface area contributed by atoms with Gasteiger partial charge in [0, 0.05) is 6.20 Å². The smallest absolute Gasteiger partial charge is 0.338 e. The fourth-order valence-corrected chi connectivity index (χ4v) is 1.80. The maximum absolute atomic E-state index is 11.6. The van der Waals surface area contributed by atoms with Gasteiger partial charge in [0.2, 0.25) is 0 Å². The van der Waals surface area contributed by atoms with E-state index in [1.165, 1.54) is 0 Å². The molecule has 0 saturated heterocycles.